The van der Waals surface area contributed by atoms with Crippen molar-refractivity contribution in [3.05, 3.63) is 0 Å². The first-order chi connectivity index (χ1) is 7.90. The van der Waals surface area contributed by atoms with Gasteiger partial charge in [0, 0.05) is 6.61 Å². The Hall–Kier alpha value is 0.492. The second kappa shape index (κ2) is 4.01. The third kappa shape index (κ3) is 1.61. The van der Waals surface area contributed by atoms with E-state index in [1.165, 1.54) is 18.1 Å². The predicted molar refractivity (Wildman–Crippen MR) is 66.5 cm³/mol. The molecule has 2 heteroatoms. The number of hydrogen-bond acceptors (Lipinski definition) is 1. The van der Waals surface area contributed by atoms with Gasteiger partial charge >= 0.3 is 14.5 Å². The van der Waals surface area contributed by atoms with Gasteiger partial charge in [-0.15, -0.1) is 0 Å². The molecule has 0 amide bonds. The fourth-order valence-electron chi connectivity index (χ4n) is 5.64. The van der Waals surface area contributed by atoms with Gasteiger partial charge in [0.2, 0.25) is 0 Å². The van der Waals surface area contributed by atoms with Gasteiger partial charge in [0.05, 0.1) is 0 Å². The summed E-state index contributed by atoms with van der Waals surface area (Å²) >= 11 is -0.796. The highest BCUT2D eigenvalue weighted by molar-refractivity contribution is 6.54. The van der Waals surface area contributed by atoms with Gasteiger partial charge in [-0.3, -0.25) is 0 Å². The summed E-state index contributed by atoms with van der Waals surface area (Å²) in [4.78, 5) is 0. The summed E-state index contributed by atoms with van der Waals surface area (Å²) in [6.45, 7) is 1.11. The highest BCUT2D eigenvalue weighted by Gasteiger charge is 2.53. The minimum atomic E-state index is -0.796. The largest absolute Gasteiger partial charge is 0.500 e. The van der Waals surface area contributed by atoms with Crippen molar-refractivity contribution in [2.45, 2.75) is 55.0 Å². The maximum Gasteiger partial charge on any atom is 0.464 e. The van der Waals surface area contributed by atoms with Crippen molar-refractivity contribution in [3.8, 4) is 0 Å². The fourth-order valence-corrected chi connectivity index (χ4v) is 9.42. The van der Waals surface area contributed by atoms with Crippen molar-refractivity contribution in [3.63, 3.8) is 0 Å². The van der Waals surface area contributed by atoms with Crippen molar-refractivity contribution in [1.82, 2.24) is 0 Å². The van der Waals surface area contributed by atoms with Crippen molar-refractivity contribution in [2.24, 2.45) is 23.7 Å². The van der Waals surface area contributed by atoms with Crippen LogP contribution in [0.5, 0.6) is 0 Å². The molecule has 0 aromatic rings. The Morgan fingerprint density at radius 1 is 0.812 bits per heavy atom. The van der Waals surface area contributed by atoms with Crippen molar-refractivity contribution < 1.29 is 3.79 Å². The zero-order valence-corrected chi connectivity index (χ0v) is 11.4. The van der Waals surface area contributed by atoms with Crippen LogP contribution < -0.4 is 0 Å². The van der Waals surface area contributed by atoms with E-state index in [1.807, 2.05) is 0 Å². The van der Waals surface area contributed by atoms with Gasteiger partial charge in [-0.05, 0) is 62.2 Å². The Labute approximate surface area is 104 Å². The molecule has 4 aliphatic carbocycles. The second-order valence-electron chi connectivity index (χ2n) is 6.91. The Morgan fingerprint density at radius 3 is 2.06 bits per heavy atom. The van der Waals surface area contributed by atoms with E-state index < -0.39 is 14.5 Å². The predicted octanol–water partition coefficient (Wildman–Crippen LogP) is 3.61. The number of hydrogen-bond donors (Lipinski definition) is 0. The molecule has 1 nitrogen and oxygen atoms in total. The van der Waals surface area contributed by atoms with E-state index in [1.54, 1.807) is 32.1 Å². The van der Waals surface area contributed by atoms with Crippen LogP contribution >= 0.6 is 0 Å². The van der Waals surface area contributed by atoms with Gasteiger partial charge < -0.3 is 3.79 Å². The lowest BCUT2D eigenvalue weighted by atomic mass is 9.56. The van der Waals surface area contributed by atoms with E-state index in [9.17, 15) is 0 Å². The average molecular weight is 234 g/mol. The van der Waals surface area contributed by atoms with Crippen LogP contribution in [0.1, 0.15) is 44.9 Å². The molecule has 0 atom stereocenters. The average Bonchev–Trinajstić information content (AvgIpc) is 2.29. The quantitative estimate of drug-likeness (QED) is 0.630. The first-order valence-corrected chi connectivity index (χ1v) is 9.47. The van der Waals surface area contributed by atoms with E-state index in [0.717, 1.165) is 35.1 Å². The smallest absolute Gasteiger partial charge is 0.464 e. The van der Waals surface area contributed by atoms with E-state index in [-0.39, 0.29) is 0 Å². The molecule has 4 saturated carbocycles. The van der Waals surface area contributed by atoms with E-state index in [2.05, 4.69) is 0 Å². The fraction of sp³-hybridized carbons (Fsp3) is 1.00. The van der Waals surface area contributed by atoms with Crippen molar-refractivity contribution in [1.29, 1.82) is 0 Å². The van der Waals surface area contributed by atoms with Crippen LogP contribution in [0.15, 0.2) is 0 Å². The summed E-state index contributed by atoms with van der Waals surface area (Å²) in [5, 5.41) is 1.51. The summed E-state index contributed by atoms with van der Waals surface area (Å²) in [7, 11) is 0. The maximum absolute atomic E-state index is 6.24. The summed E-state index contributed by atoms with van der Waals surface area (Å²) in [5.74, 6) is 4.50. The minimum absolute atomic E-state index is 0.796. The third-order valence-electron chi connectivity index (χ3n) is 5.94. The molecule has 88 valence electrons. The van der Waals surface area contributed by atoms with Crippen LogP contribution in [0.4, 0.5) is 0 Å². The zero-order valence-electron chi connectivity index (χ0n) is 10.2. The van der Waals surface area contributed by atoms with Crippen LogP contribution in [0.2, 0.25) is 10.1 Å². The lowest BCUT2D eigenvalue weighted by Crippen LogP contribution is -2.48. The summed E-state index contributed by atoms with van der Waals surface area (Å²) in [6, 6.07) is 0. The Kier molecular flexibility index (Phi) is 2.61. The molecule has 0 radical (unpaired) electrons. The molecular weight excluding hydrogens is 211 g/mol. The van der Waals surface area contributed by atoms with Gasteiger partial charge in [0.1, 0.15) is 0 Å². The SMILES string of the molecule is C1C[CH2][Al]([CH]2C3CC4CC(C3)CC2C4)[O]C1. The molecule has 4 bridgehead atoms. The zero-order chi connectivity index (χ0) is 10.5. The lowest BCUT2D eigenvalue weighted by Gasteiger charge is -2.55. The molecular formula is C14H23AlO. The van der Waals surface area contributed by atoms with Crippen LogP contribution in [0.3, 0.4) is 0 Å². The standard InChI is InChI=1S/C10H15.C4H8O.Al/c1-7-2-9-4-8(1)5-10(3-7)6-9;1-2-3-4-5;/h1,7-10H,2-6H2;1-4H2;/q;-1;+1. The molecule has 0 aromatic heterocycles. The summed E-state index contributed by atoms with van der Waals surface area (Å²) < 4.78 is 7.35. The Balaban J connectivity index is 1.55. The molecule has 0 N–H and O–H groups in total. The van der Waals surface area contributed by atoms with Gasteiger partial charge in [-0.1, -0.05) is 16.5 Å². The highest BCUT2D eigenvalue weighted by Crippen LogP contribution is 2.60. The molecule has 0 aromatic carbocycles. The van der Waals surface area contributed by atoms with E-state index in [4.69, 9.17) is 3.79 Å². The highest BCUT2D eigenvalue weighted by atomic mass is 27.2. The van der Waals surface area contributed by atoms with Gasteiger partial charge in [0.15, 0.2) is 0 Å². The molecule has 16 heavy (non-hydrogen) atoms. The van der Waals surface area contributed by atoms with Crippen LogP contribution in [-0.4, -0.2) is 21.1 Å². The van der Waals surface area contributed by atoms with Crippen molar-refractivity contribution >= 4 is 14.5 Å². The van der Waals surface area contributed by atoms with E-state index in [0.29, 0.717) is 0 Å². The number of rotatable bonds is 1. The first-order valence-electron chi connectivity index (χ1n) is 7.52. The molecule has 5 aliphatic rings. The molecule has 0 unspecified atom stereocenters. The summed E-state index contributed by atoms with van der Waals surface area (Å²) in [6.07, 6.45) is 10.8. The first kappa shape index (κ1) is 10.4. The van der Waals surface area contributed by atoms with Crippen molar-refractivity contribution in [2.75, 3.05) is 6.61 Å². The minimum Gasteiger partial charge on any atom is -0.500 e. The molecule has 0 spiro atoms. The van der Waals surface area contributed by atoms with Crippen LogP contribution in [0, 0.1) is 23.7 Å². The van der Waals surface area contributed by atoms with Gasteiger partial charge in [-0.25, -0.2) is 0 Å². The van der Waals surface area contributed by atoms with Crippen LogP contribution in [-0.2, 0) is 3.79 Å². The van der Waals surface area contributed by atoms with E-state index >= 15 is 0 Å². The van der Waals surface area contributed by atoms with Gasteiger partial charge in [0.25, 0.3) is 0 Å². The third-order valence-corrected chi connectivity index (χ3v) is 9.53. The monoisotopic (exact) mass is 234 g/mol. The molecule has 5 fully saturated rings. The topological polar surface area (TPSA) is 9.23 Å². The molecule has 1 aliphatic heterocycles. The molecule has 1 saturated heterocycles. The lowest BCUT2D eigenvalue weighted by molar-refractivity contribution is 0.0121. The maximum atomic E-state index is 6.24. The molecule has 1 heterocycles. The Morgan fingerprint density at radius 2 is 1.50 bits per heavy atom. The second-order valence-corrected chi connectivity index (χ2v) is 9.67. The van der Waals surface area contributed by atoms with Gasteiger partial charge in [-0.2, -0.15) is 0 Å². The molecule has 5 rings (SSSR count). The van der Waals surface area contributed by atoms with Crippen LogP contribution in [0.25, 0.3) is 0 Å². The normalized spacial score (nSPS) is 51.0. The Bertz CT molecular complexity index is 241. The summed E-state index contributed by atoms with van der Waals surface area (Å²) in [5.41, 5.74) is 0.